The highest BCUT2D eigenvalue weighted by Gasteiger charge is 2.31. The van der Waals surface area contributed by atoms with E-state index in [-0.39, 0.29) is 11.7 Å². The third kappa shape index (κ3) is 3.22. The van der Waals surface area contributed by atoms with Gasteiger partial charge in [0.2, 0.25) is 0 Å². The number of fused-ring (bicyclic) bond motifs is 1. The quantitative estimate of drug-likeness (QED) is 0.781. The van der Waals surface area contributed by atoms with E-state index in [0.717, 1.165) is 44.0 Å². The maximum Gasteiger partial charge on any atom is 0.511 e. The maximum atomic E-state index is 15.1. The standard InChI is InChI=1S/C20H24FN3O4/c1-11-17-14(13-4-5-13)7-16(28-20(26)27)19(25)24(17)10-15(21)18(11)23-6-2-3-12(8-22)9-23/h7,10,12-13H,2-6,8-9,22H2,1H3,(H,26,27). The van der Waals surface area contributed by atoms with Crippen molar-refractivity contribution in [2.45, 2.75) is 38.5 Å². The van der Waals surface area contributed by atoms with E-state index >= 15 is 4.39 Å². The Morgan fingerprint density at radius 3 is 2.79 bits per heavy atom. The molecule has 0 aromatic carbocycles. The number of nitrogens with zero attached hydrogens (tertiary/aromatic N) is 2. The van der Waals surface area contributed by atoms with Gasteiger partial charge in [0.25, 0.3) is 5.56 Å². The summed E-state index contributed by atoms with van der Waals surface area (Å²) in [6.07, 6.45) is 3.47. The summed E-state index contributed by atoms with van der Waals surface area (Å²) in [7, 11) is 0. The Hall–Kier alpha value is -2.61. The van der Waals surface area contributed by atoms with Gasteiger partial charge in [-0.15, -0.1) is 0 Å². The van der Waals surface area contributed by atoms with Gasteiger partial charge in [-0.2, -0.15) is 0 Å². The average molecular weight is 389 g/mol. The van der Waals surface area contributed by atoms with E-state index in [1.807, 2.05) is 11.8 Å². The first kappa shape index (κ1) is 18.7. The largest absolute Gasteiger partial charge is 0.511 e. The molecular formula is C20H24FN3O4. The number of rotatable bonds is 4. The Bertz CT molecular complexity index is 999. The fourth-order valence-electron chi connectivity index (χ4n) is 4.34. The molecule has 0 spiro atoms. The van der Waals surface area contributed by atoms with Crippen LogP contribution in [0.4, 0.5) is 14.9 Å². The van der Waals surface area contributed by atoms with E-state index in [9.17, 15) is 9.59 Å². The summed E-state index contributed by atoms with van der Waals surface area (Å²) in [4.78, 5) is 25.7. The number of pyridine rings is 2. The lowest BCUT2D eigenvalue weighted by atomic mass is 9.96. The lowest BCUT2D eigenvalue weighted by molar-refractivity contribution is 0.143. The number of aromatic nitrogens is 1. The Morgan fingerprint density at radius 2 is 2.14 bits per heavy atom. The minimum atomic E-state index is -1.56. The number of aryl methyl sites for hydroxylation is 1. The Kier molecular flexibility index (Phi) is 4.74. The molecular weight excluding hydrogens is 365 g/mol. The molecule has 1 aliphatic heterocycles. The summed E-state index contributed by atoms with van der Waals surface area (Å²) in [5.74, 6) is -0.249. The molecule has 150 valence electrons. The first-order valence-electron chi connectivity index (χ1n) is 9.64. The molecule has 2 aromatic heterocycles. The van der Waals surface area contributed by atoms with Gasteiger partial charge in [0.1, 0.15) is 0 Å². The van der Waals surface area contributed by atoms with Crippen molar-refractivity contribution in [3.63, 3.8) is 0 Å². The monoisotopic (exact) mass is 389 g/mol. The molecule has 3 heterocycles. The van der Waals surface area contributed by atoms with Crippen molar-refractivity contribution in [2.75, 3.05) is 24.5 Å². The number of anilines is 1. The molecule has 28 heavy (non-hydrogen) atoms. The number of piperidine rings is 1. The molecule has 1 atom stereocenters. The van der Waals surface area contributed by atoms with E-state index in [2.05, 4.69) is 4.74 Å². The molecule has 2 aliphatic rings. The summed E-state index contributed by atoms with van der Waals surface area (Å²) >= 11 is 0. The number of halogens is 1. The predicted octanol–water partition coefficient (Wildman–Crippen LogP) is 2.86. The van der Waals surface area contributed by atoms with E-state index in [1.165, 1.54) is 10.5 Å². The van der Waals surface area contributed by atoms with Crippen LogP contribution in [0.15, 0.2) is 17.1 Å². The summed E-state index contributed by atoms with van der Waals surface area (Å²) < 4.78 is 21.0. The zero-order valence-electron chi connectivity index (χ0n) is 15.8. The van der Waals surface area contributed by atoms with Crippen LogP contribution in [0, 0.1) is 18.7 Å². The molecule has 8 heteroatoms. The highest BCUT2D eigenvalue weighted by molar-refractivity contribution is 5.74. The average Bonchev–Trinajstić information content (AvgIpc) is 3.49. The lowest BCUT2D eigenvalue weighted by Gasteiger charge is -2.35. The van der Waals surface area contributed by atoms with Crippen LogP contribution in [-0.2, 0) is 0 Å². The highest BCUT2D eigenvalue weighted by Crippen LogP contribution is 2.44. The number of carbonyl (C=O) groups is 1. The maximum absolute atomic E-state index is 15.1. The van der Waals surface area contributed by atoms with E-state index in [4.69, 9.17) is 10.8 Å². The zero-order valence-corrected chi connectivity index (χ0v) is 15.8. The number of nitrogens with two attached hydrogens (primary N) is 1. The number of ether oxygens (including phenoxy) is 1. The molecule has 2 aromatic rings. The van der Waals surface area contributed by atoms with Gasteiger partial charge in [0.05, 0.1) is 17.4 Å². The number of carboxylic acid groups (broad SMARTS) is 1. The van der Waals surface area contributed by atoms with Gasteiger partial charge in [-0.25, -0.2) is 9.18 Å². The molecule has 1 saturated carbocycles. The van der Waals surface area contributed by atoms with Crippen LogP contribution in [0.2, 0.25) is 0 Å². The topological polar surface area (TPSA) is 97.3 Å². The molecule has 0 bridgehead atoms. The van der Waals surface area contributed by atoms with Crippen molar-refractivity contribution in [1.82, 2.24) is 4.40 Å². The third-order valence-corrected chi connectivity index (χ3v) is 5.79. The fraction of sp³-hybridized carbons (Fsp3) is 0.500. The predicted molar refractivity (Wildman–Crippen MR) is 103 cm³/mol. The van der Waals surface area contributed by atoms with Crippen LogP contribution in [0.5, 0.6) is 5.75 Å². The third-order valence-electron chi connectivity index (χ3n) is 5.79. The Morgan fingerprint density at radius 1 is 1.39 bits per heavy atom. The molecule has 3 N–H and O–H groups in total. The van der Waals surface area contributed by atoms with Gasteiger partial charge in [-0.1, -0.05) is 0 Å². The molecule has 7 nitrogen and oxygen atoms in total. The number of hydrogen-bond acceptors (Lipinski definition) is 5. The fourth-order valence-corrected chi connectivity index (χ4v) is 4.34. The second-order valence-corrected chi connectivity index (χ2v) is 7.77. The summed E-state index contributed by atoms with van der Waals surface area (Å²) in [5, 5.41) is 8.92. The Balaban J connectivity index is 1.91. The smallest absolute Gasteiger partial charge is 0.449 e. The molecule has 0 amide bonds. The van der Waals surface area contributed by atoms with Crippen molar-refractivity contribution in [2.24, 2.45) is 11.7 Å². The molecule has 1 aliphatic carbocycles. The zero-order chi connectivity index (χ0) is 20.0. The van der Waals surface area contributed by atoms with E-state index in [0.29, 0.717) is 35.8 Å². The minimum absolute atomic E-state index is 0.224. The van der Waals surface area contributed by atoms with Crippen molar-refractivity contribution in [3.8, 4) is 5.75 Å². The van der Waals surface area contributed by atoms with Crippen molar-refractivity contribution in [1.29, 1.82) is 0 Å². The van der Waals surface area contributed by atoms with Gasteiger partial charge in [-0.05, 0) is 68.2 Å². The SMILES string of the molecule is Cc1c(N2CCCC(CN)C2)c(F)cn2c(=O)c(OC(=O)O)cc(C3CC3)c12. The van der Waals surface area contributed by atoms with Crippen LogP contribution in [0.1, 0.15) is 42.7 Å². The van der Waals surface area contributed by atoms with Crippen molar-refractivity contribution < 1.29 is 19.0 Å². The van der Waals surface area contributed by atoms with Gasteiger partial charge in [0, 0.05) is 13.1 Å². The van der Waals surface area contributed by atoms with E-state index < -0.39 is 17.5 Å². The Labute approximate surface area is 161 Å². The van der Waals surface area contributed by atoms with Crippen LogP contribution >= 0.6 is 0 Å². The molecule has 1 saturated heterocycles. The summed E-state index contributed by atoms with van der Waals surface area (Å²) in [5.41, 5.74) is 7.84. The van der Waals surface area contributed by atoms with Crippen molar-refractivity contribution in [3.05, 3.63) is 39.6 Å². The van der Waals surface area contributed by atoms with Gasteiger partial charge < -0.3 is 20.5 Å². The summed E-state index contributed by atoms with van der Waals surface area (Å²) in [6.45, 7) is 3.82. The second kappa shape index (κ2) is 7.09. The van der Waals surface area contributed by atoms with Crippen LogP contribution < -0.4 is 20.9 Å². The first-order valence-corrected chi connectivity index (χ1v) is 9.64. The van der Waals surface area contributed by atoms with Crippen LogP contribution in [0.3, 0.4) is 0 Å². The molecule has 4 rings (SSSR count). The second-order valence-electron chi connectivity index (χ2n) is 7.77. The van der Waals surface area contributed by atoms with Gasteiger partial charge >= 0.3 is 6.16 Å². The highest BCUT2D eigenvalue weighted by atomic mass is 19.1. The van der Waals surface area contributed by atoms with Crippen LogP contribution in [-0.4, -0.2) is 35.3 Å². The molecule has 0 radical (unpaired) electrons. The van der Waals surface area contributed by atoms with Crippen LogP contribution in [0.25, 0.3) is 5.52 Å². The van der Waals surface area contributed by atoms with E-state index in [1.54, 1.807) is 0 Å². The first-order chi connectivity index (χ1) is 13.4. The van der Waals surface area contributed by atoms with Gasteiger partial charge in [-0.3, -0.25) is 9.20 Å². The van der Waals surface area contributed by atoms with Gasteiger partial charge in [0.15, 0.2) is 11.6 Å². The number of hydrogen-bond donors (Lipinski definition) is 2. The summed E-state index contributed by atoms with van der Waals surface area (Å²) in [6, 6.07) is 1.51. The normalized spacial score (nSPS) is 19.8. The lowest BCUT2D eigenvalue weighted by Crippen LogP contribution is -2.39. The molecule has 1 unspecified atom stereocenters. The van der Waals surface area contributed by atoms with Crippen molar-refractivity contribution >= 4 is 17.4 Å². The molecule has 2 fully saturated rings. The minimum Gasteiger partial charge on any atom is -0.449 e.